The maximum Gasteiger partial charge on any atom is 0.220 e. The van der Waals surface area contributed by atoms with Gasteiger partial charge in [0.2, 0.25) is 5.43 Å². The quantitative estimate of drug-likeness (QED) is 0.680. The van der Waals surface area contributed by atoms with Crippen molar-refractivity contribution in [2.24, 2.45) is 0 Å². The molecule has 0 spiro atoms. The third-order valence-electron chi connectivity index (χ3n) is 2.23. The summed E-state index contributed by atoms with van der Waals surface area (Å²) in [5.74, 6) is 0.605. The first-order valence-corrected chi connectivity index (χ1v) is 7.49. The molecule has 0 aromatic heterocycles. The van der Waals surface area contributed by atoms with E-state index in [-0.39, 0.29) is 11.2 Å². The highest BCUT2D eigenvalue weighted by atomic mass is 79.9. The second kappa shape index (κ2) is 6.98. The van der Waals surface area contributed by atoms with Gasteiger partial charge < -0.3 is 9.47 Å². The number of ether oxygens (including phenoxy) is 2. The Morgan fingerprint density at radius 2 is 1.56 bits per heavy atom. The minimum absolute atomic E-state index is 0.171. The van der Waals surface area contributed by atoms with Crippen molar-refractivity contribution in [1.82, 2.24) is 0 Å². The molecule has 100 valence electrons. The lowest BCUT2D eigenvalue weighted by Crippen LogP contribution is -2.01. The first-order valence-electron chi connectivity index (χ1n) is 4.78. The van der Waals surface area contributed by atoms with Crippen molar-refractivity contribution < 1.29 is 9.47 Å². The molecule has 0 bridgehead atoms. The van der Waals surface area contributed by atoms with Crippen LogP contribution in [0.15, 0.2) is 16.9 Å². The van der Waals surface area contributed by atoms with E-state index in [1.165, 1.54) is 26.4 Å². The predicted molar refractivity (Wildman–Crippen MR) is 80.9 cm³/mol. The van der Waals surface area contributed by atoms with Gasteiger partial charge in [-0.15, -0.1) is 23.2 Å². The lowest BCUT2D eigenvalue weighted by Gasteiger charge is -2.11. The highest BCUT2D eigenvalue weighted by Crippen LogP contribution is 2.41. The summed E-state index contributed by atoms with van der Waals surface area (Å²) < 4.78 is 9.21. The molecule has 2 atom stereocenters. The third kappa shape index (κ3) is 3.53. The molecule has 0 fully saturated rings. The summed E-state index contributed by atoms with van der Waals surface area (Å²) in [5, 5.41) is 0. The van der Waals surface area contributed by atoms with Crippen LogP contribution < -0.4 is 14.9 Å². The molecule has 0 amide bonds. The Morgan fingerprint density at radius 1 is 1.06 bits per heavy atom. The molecule has 0 heterocycles. The van der Waals surface area contributed by atoms with Crippen molar-refractivity contribution in [2.75, 3.05) is 14.2 Å². The van der Waals surface area contributed by atoms with Gasteiger partial charge in [-0.1, -0.05) is 31.9 Å². The van der Waals surface area contributed by atoms with Gasteiger partial charge in [0, 0.05) is 11.1 Å². The van der Waals surface area contributed by atoms with Crippen LogP contribution in [0.2, 0.25) is 0 Å². The van der Waals surface area contributed by atoms with Crippen LogP contribution in [0, 0.1) is 0 Å². The van der Waals surface area contributed by atoms with Crippen molar-refractivity contribution in [3.63, 3.8) is 0 Å². The second-order valence-electron chi connectivity index (χ2n) is 3.27. The lowest BCUT2D eigenvalue weighted by atomic mass is 10.2. The Kier molecular flexibility index (Phi) is 6.24. The molecule has 2 unspecified atom stereocenters. The molecule has 0 aliphatic carbocycles. The van der Waals surface area contributed by atoms with Gasteiger partial charge in [-0.05, 0) is 12.1 Å². The van der Waals surface area contributed by atoms with Gasteiger partial charge in [-0.3, -0.25) is 4.79 Å². The van der Waals surface area contributed by atoms with Crippen LogP contribution in [-0.2, 0) is 0 Å². The molecule has 0 aliphatic heterocycles. The Morgan fingerprint density at radius 3 is 1.94 bits per heavy atom. The number of hydrogen-bond donors (Lipinski definition) is 0. The Hall–Kier alpha value is 0.0300. The fourth-order valence-corrected chi connectivity index (χ4v) is 2.45. The normalized spacial score (nSPS) is 13.9. The Bertz CT molecular complexity index is 492. The Balaban J connectivity index is 3.75. The largest absolute Gasteiger partial charge is 0.496 e. The number of hydrogen-bond acceptors (Lipinski definition) is 3. The van der Waals surface area contributed by atoms with Crippen LogP contribution in [-0.4, -0.2) is 14.2 Å². The van der Waals surface area contributed by atoms with Crippen LogP contribution in [0.1, 0.15) is 19.7 Å². The highest BCUT2D eigenvalue weighted by molar-refractivity contribution is 9.10. The molecule has 18 heavy (non-hydrogen) atoms. The van der Waals surface area contributed by atoms with Crippen LogP contribution in [0.4, 0.5) is 0 Å². The molecule has 0 N–H and O–H groups in total. The minimum atomic E-state index is -0.570. The molecule has 0 saturated carbocycles. The van der Waals surface area contributed by atoms with Crippen molar-refractivity contribution >= 4 is 55.1 Å². The van der Waals surface area contributed by atoms with Crippen LogP contribution in [0.5, 0.6) is 11.5 Å². The maximum absolute atomic E-state index is 11.9. The molecule has 3 nitrogen and oxygen atoms in total. The van der Waals surface area contributed by atoms with E-state index >= 15 is 0 Å². The SMILES string of the molecule is COc1c(C(Cl)Br)cc(OC)c(=O)cc1C(Cl)Br. The molecule has 0 aliphatic rings. The number of halogens is 4. The van der Waals surface area contributed by atoms with Gasteiger partial charge in [0.15, 0.2) is 5.75 Å². The summed E-state index contributed by atoms with van der Waals surface area (Å²) in [6.45, 7) is 0. The average molecular weight is 421 g/mol. The van der Waals surface area contributed by atoms with Crippen molar-refractivity contribution in [1.29, 1.82) is 0 Å². The zero-order valence-electron chi connectivity index (χ0n) is 9.55. The molecule has 0 saturated heterocycles. The van der Waals surface area contributed by atoms with Gasteiger partial charge in [-0.2, -0.15) is 0 Å². The number of methoxy groups -OCH3 is 2. The van der Waals surface area contributed by atoms with Crippen LogP contribution in [0.3, 0.4) is 0 Å². The molecule has 1 aromatic carbocycles. The fourth-order valence-electron chi connectivity index (χ4n) is 1.44. The first-order chi connectivity index (χ1) is 8.42. The zero-order valence-corrected chi connectivity index (χ0v) is 14.2. The summed E-state index contributed by atoms with van der Waals surface area (Å²) in [4.78, 5) is 11.9. The third-order valence-corrected chi connectivity index (χ3v) is 3.69. The van der Waals surface area contributed by atoms with E-state index in [0.29, 0.717) is 16.9 Å². The maximum atomic E-state index is 11.9. The topological polar surface area (TPSA) is 35.5 Å². The fraction of sp³-hybridized carbons (Fsp3) is 0.364. The minimum Gasteiger partial charge on any atom is -0.496 e. The average Bonchev–Trinajstić information content (AvgIpc) is 2.45. The predicted octanol–water partition coefficient (Wildman–Crippen LogP) is 4.33. The number of rotatable bonds is 4. The molecular weight excluding hydrogens is 411 g/mol. The van der Waals surface area contributed by atoms with E-state index in [4.69, 9.17) is 32.7 Å². The van der Waals surface area contributed by atoms with E-state index in [1.54, 1.807) is 0 Å². The Labute approximate surface area is 132 Å². The smallest absolute Gasteiger partial charge is 0.220 e. The molecule has 7 heteroatoms. The van der Waals surface area contributed by atoms with Crippen molar-refractivity contribution in [2.45, 2.75) is 8.57 Å². The van der Waals surface area contributed by atoms with Crippen molar-refractivity contribution in [3.8, 4) is 11.5 Å². The lowest BCUT2D eigenvalue weighted by molar-refractivity contribution is 0.405. The summed E-state index contributed by atoms with van der Waals surface area (Å²) >= 11 is 18.5. The molecule has 0 radical (unpaired) electrons. The van der Waals surface area contributed by atoms with Crippen LogP contribution >= 0.6 is 55.1 Å². The first kappa shape index (κ1) is 16.1. The zero-order chi connectivity index (χ0) is 13.9. The molecule has 1 aromatic rings. The van der Waals surface area contributed by atoms with E-state index in [1.807, 2.05) is 0 Å². The van der Waals surface area contributed by atoms with Gasteiger partial charge >= 0.3 is 0 Å². The van der Waals surface area contributed by atoms with E-state index in [0.717, 1.165) is 0 Å². The monoisotopic (exact) mass is 418 g/mol. The van der Waals surface area contributed by atoms with E-state index < -0.39 is 8.57 Å². The van der Waals surface area contributed by atoms with E-state index in [2.05, 4.69) is 31.9 Å². The standard InChI is InChI=1S/C11H10Br2Cl2O3/c1-17-8-4-6(11(13)15)9(18-2)5(10(12)14)3-7(8)16/h3-4,10-11H,1-2H3. The summed E-state index contributed by atoms with van der Waals surface area (Å²) in [7, 11) is 2.90. The van der Waals surface area contributed by atoms with Gasteiger partial charge in [0.1, 0.15) is 14.3 Å². The summed E-state index contributed by atoms with van der Waals surface area (Å²) in [6, 6.07) is 2.89. The van der Waals surface area contributed by atoms with Gasteiger partial charge in [0.25, 0.3) is 0 Å². The van der Waals surface area contributed by atoms with Crippen molar-refractivity contribution in [3.05, 3.63) is 33.5 Å². The second-order valence-corrected chi connectivity index (χ2v) is 7.03. The highest BCUT2D eigenvalue weighted by Gasteiger charge is 2.19. The number of alkyl halides is 4. The van der Waals surface area contributed by atoms with E-state index in [9.17, 15) is 4.79 Å². The van der Waals surface area contributed by atoms with Gasteiger partial charge in [0.05, 0.1) is 14.2 Å². The summed E-state index contributed by atoms with van der Waals surface area (Å²) in [6.07, 6.45) is 0. The molecule has 1 rings (SSSR count). The van der Waals surface area contributed by atoms with Gasteiger partial charge in [-0.25, -0.2) is 0 Å². The summed E-state index contributed by atoms with van der Waals surface area (Å²) in [5.41, 5.74) is 0.762. The molecular formula is C11H10Br2Cl2O3. The van der Waals surface area contributed by atoms with Crippen LogP contribution in [0.25, 0.3) is 0 Å².